The number of aromatic nitrogens is 1. The maximum Gasteiger partial charge on any atom is 0.237 e. The van der Waals surface area contributed by atoms with Crippen LogP contribution in [0.5, 0.6) is 11.6 Å². The second-order valence-corrected chi connectivity index (χ2v) is 3.83. The van der Waals surface area contributed by atoms with Gasteiger partial charge in [0.15, 0.2) is 11.6 Å². The number of aryl methyl sites for hydroxylation is 1. The van der Waals surface area contributed by atoms with Crippen molar-refractivity contribution in [1.29, 1.82) is 5.26 Å². The topological polar surface area (TPSA) is 71.9 Å². The second kappa shape index (κ2) is 4.90. The molecule has 0 aliphatic carbocycles. The average Bonchev–Trinajstić information content (AvgIpc) is 2.36. The first kappa shape index (κ1) is 12.8. The summed E-state index contributed by atoms with van der Waals surface area (Å²) in [7, 11) is 0. The minimum Gasteiger partial charge on any atom is -0.434 e. The van der Waals surface area contributed by atoms with Crippen LogP contribution >= 0.6 is 0 Å². The Kier molecular flexibility index (Phi) is 3.29. The van der Waals surface area contributed by atoms with Crippen molar-refractivity contribution < 1.29 is 13.5 Å². The third kappa shape index (κ3) is 2.45. The lowest BCUT2D eigenvalue weighted by Crippen LogP contribution is -1.98. The molecule has 6 heteroatoms. The molecule has 1 heterocycles. The van der Waals surface area contributed by atoms with E-state index in [2.05, 4.69) is 4.98 Å². The van der Waals surface area contributed by atoms with Gasteiger partial charge in [-0.25, -0.2) is 13.8 Å². The van der Waals surface area contributed by atoms with Crippen LogP contribution in [-0.4, -0.2) is 4.98 Å². The first-order chi connectivity index (χ1) is 9.02. The molecule has 0 fully saturated rings. The van der Waals surface area contributed by atoms with Crippen molar-refractivity contribution in [2.24, 2.45) is 0 Å². The highest BCUT2D eigenvalue weighted by atomic mass is 19.1. The van der Waals surface area contributed by atoms with Crippen LogP contribution in [0.2, 0.25) is 0 Å². The average molecular weight is 261 g/mol. The number of nitriles is 1. The third-order valence-electron chi connectivity index (χ3n) is 2.49. The number of anilines is 1. The zero-order chi connectivity index (χ0) is 14.0. The molecule has 2 aromatic rings. The Bertz CT molecular complexity index is 680. The van der Waals surface area contributed by atoms with E-state index in [4.69, 9.17) is 15.7 Å². The summed E-state index contributed by atoms with van der Waals surface area (Å²) >= 11 is 0. The van der Waals surface area contributed by atoms with Gasteiger partial charge < -0.3 is 10.5 Å². The van der Waals surface area contributed by atoms with Crippen LogP contribution in [0.15, 0.2) is 24.4 Å². The molecular formula is C13H9F2N3O. The van der Waals surface area contributed by atoms with Crippen LogP contribution < -0.4 is 10.5 Å². The fourth-order valence-corrected chi connectivity index (χ4v) is 1.47. The summed E-state index contributed by atoms with van der Waals surface area (Å²) in [5.74, 6) is -2.08. The van der Waals surface area contributed by atoms with Gasteiger partial charge in [-0.3, -0.25) is 0 Å². The highest BCUT2D eigenvalue weighted by molar-refractivity contribution is 5.48. The molecule has 0 saturated carbocycles. The van der Waals surface area contributed by atoms with E-state index in [0.717, 1.165) is 12.1 Å². The van der Waals surface area contributed by atoms with Crippen molar-refractivity contribution in [3.63, 3.8) is 0 Å². The highest BCUT2D eigenvalue weighted by Gasteiger charge is 2.14. The largest absolute Gasteiger partial charge is 0.434 e. The van der Waals surface area contributed by atoms with Crippen molar-refractivity contribution in [2.75, 3.05) is 5.73 Å². The fourth-order valence-electron chi connectivity index (χ4n) is 1.47. The molecular weight excluding hydrogens is 252 g/mol. The van der Waals surface area contributed by atoms with Gasteiger partial charge >= 0.3 is 0 Å². The number of nitrogens with zero attached hydrogens (tertiary/aromatic N) is 2. The molecule has 4 nitrogen and oxygen atoms in total. The van der Waals surface area contributed by atoms with Gasteiger partial charge in [0, 0.05) is 18.3 Å². The summed E-state index contributed by atoms with van der Waals surface area (Å²) in [5.41, 5.74) is 5.70. The van der Waals surface area contributed by atoms with Gasteiger partial charge in [-0.15, -0.1) is 0 Å². The van der Waals surface area contributed by atoms with Gasteiger partial charge in [0.05, 0.1) is 5.69 Å². The van der Waals surface area contributed by atoms with E-state index in [0.29, 0.717) is 5.56 Å². The van der Waals surface area contributed by atoms with E-state index < -0.39 is 11.6 Å². The summed E-state index contributed by atoms with van der Waals surface area (Å²) in [6.07, 6.45) is 1.41. The predicted molar refractivity (Wildman–Crippen MR) is 64.5 cm³/mol. The SMILES string of the molecule is Cc1ccnc(Oc2cc(F)c(N)cc2F)c1C#N. The molecule has 0 unspecified atom stereocenters. The van der Waals surface area contributed by atoms with Crippen LogP contribution in [0.1, 0.15) is 11.1 Å². The Morgan fingerprint density at radius 2 is 2.05 bits per heavy atom. The van der Waals surface area contributed by atoms with Crippen molar-refractivity contribution in [3.05, 3.63) is 47.2 Å². The fraction of sp³-hybridized carbons (Fsp3) is 0.0769. The van der Waals surface area contributed by atoms with E-state index in [1.807, 2.05) is 6.07 Å². The standard InChI is InChI=1S/C13H9F2N3O/c1-7-2-3-18-13(8(7)6-16)19-12-5-9(14)11(17)4-10(12)15/h2-5H,17H2,1H3. The Labute approximate surface area is 108 Å². The van der Waals surface area contributed by atoms with Gasteiger partial charge in [-0.1, -0.05) is 0 Å². The van der Waals surface area contributed by atoms with Crippen molar-refractivity contribution in [1.82, 2.24) is 4.98 Å². The van der Waals surface area contributed by atoms with E-state index in [-0.39, 0.29) is 22.9 Å². The molecule has 0 saturated heterocycles. The smallest absolute Gasteiger partial charge is 0.237 e. The molecule has 2 rings (SSSR count). The lowest BCUT2D eigenvalue weighted by molar-refractivity contribution is 0.421. The number of hydrogen-bond acceptors (Lipinski definition) is 4. The monoisotopic (exact) mass is 261 g/mol. The summed E-state index contributed by atoms with van der Waals surface area (Å²) in [5, 5.41) is 8.99. The van der Waals surface area contributed by atoms with Gasteiger partial charge in [-0.2, -0.15) is 5.26 Å². The number of nitrogens with two attached hydrogens (primary N) is 1. The van der Waals surface area contributed by atoms with Crippen LogP contribution in [0, 0.1) is 29.9 Å². The Hall–Kier alpha value is -2.68. The van der Waals surface area contributed by atoms with Crippen LogP contribution in [0.3, 0.4) is 0 Å². The van der Waals surface area contributed by atoms with Crippen LogP contribution in [-0.2, 0) is 0 Å². The summed E-state index contributed by atoms with van der Waals surface area (Å²) < 4.78 is 32.0. The van der Waals surface area contributed by atoms with Crippen LogP contribution in [0.4, 0.5) is 14.5 Å². The maximum atomic E-state index is 13.6. The second-order valence-electron chi connectivity index (χ2n) is 3.83. The predicted octanol–water partition coefficient (Wildman–Crippen LogP) is 2.91. The highest BCUT2D eigenvalue weighted by Crippen LogP contribution is 2.29. The van der Waals surface area contributed by atoms with Crippen molar-refractivity contribution in [2.45, 2.75) is 6.92 Å². The first-order valence-corrected chi connectivity index (χ1v) is 5.31. The maximum absolute atomic E-state index is 13.6. The van der Waals surface area contributed by atoms with Crippen molar-refractivity contribution >= 4 is 5.69 Å². The van der Waals surface area contributed by atoms with E-state index in [9.17, 15) is 8.78 Å². The van der Waals surface area contributed by atoms with Gasteiger partial charge in [-0.05, 0) is 18.6 Å². The van der Waals surface area contributed by atoms with Gasteiger partial charge in [0.25, 0.3) is 0 Å². The Balaban J connectivity index is 2.45. The molecule has 0 bridgehead atoms. The lowest BCUT2D eigenvalue weighted by atomic mass is 10.2. The van der Waals surface area contributed by atoms with Crippen LogP contribution in [0.25, 0.3) is 0 Å². The minimum atomic E-state index is -0.828. The van der Waals surface area contributed by atoms with Crippen molar-refractivity contribution in [3.8, 4) is 17.7 Å². The first-order valence-electron chi connectivity index (χ1n) is 5.31. The zero-order valence-electron chi connectivity index (χ0n) is 9.95. The molecule has 1 aromatic carbocycles. The lowest BCUT2D eigenvalue weighted by Gasteiger charge is -2.09. The summed E-state index contributed by atoms with van der Waals surface area (Å²) in [6, 6.07) is 5.14. The molecule has 0 aliphatic rings. The molecule has 0 aliphatic heterocycles. The molecule has 0 radical (unpaired) electrons. The molecule has 96 valence electrons. The number of nitrogen functional groups attached to an aromatic ring is 1. The van der Waals surface area contributed by atoms with E-state index in [1.165, 1.54) is 6.20 Å². The summed E-state index contributed by atoms with van der Waals surface area (Å²) in [6.45, 7) is 1.69. The summed E-state index contributed by atoms with van der Waals surface area (Å²) in [4.78, 5) is 3.83. The van der Waals surface area contributed by atoms with Gasteiger partial charge in [0.2, 0.25) is 5.88 Å². The molecule has 0 spiro atoms. The third-order valence-corrected chi connectivity index (χ3v) is 2.49. The molecule has 0 atom stereocenters. The van der Waals surface area contributed by atoms with Gasteiger partial charge in [0.1, 0.15) is 17.4 Å². The molecule has 2 N–H and O–H groups in total. The number of hydrogen-bond donors (Lipinski definition) is 1. The number of ether oxygens (including phenoxy) is 1. The molecule has 1 aromatic heterocycles. The zero-order valence-corrected chi connectivity index (χ0v) is 9.95. The Morgan fingerprint density at radius 1 is 1.32 bits per heavy atom. The number of rotatable bonds is 2. The molecule has 19 heavy (non-hydrogen) atoms. The molecule has 0 amide bonds. The minimum absolute atomic E-state index is 0.0782. The van der Waals surface area contributed by atoms with E-state index >= 15 is 0 Å². The number of pyridine rings is 1. The Morgan fingerprint density at radius 3 is 2.74 bits per heavy atom. The number of benzene rings is 1. The quantitative estimate of drug-likeness (QED) is 0.843. The normalized spacial score (nSPS) is 10.0. The number of halogens is 2. The van der Waals surface area contributed by atoms with E-state index in [1.54, 1.807) is 13.0 Å².